The van der Waals surface area contributed by atoms with E-state index in [9.17, 15) is 18.5 Å². The fourth-order valence-corrected chi connectivity index (χ4v) is 3.86. The number of hydrazone groups is 1. The highest BCUT2D eigenvalue weighted by atomic mass is 32.2. The third-order valence-electron chi connectivity index (χ3n) is 4.00. The number of nitrogens with zero attached hydrogens (tertiary/aromatic N) is 4. The number of hydrogen-bond donors (Lipinski definition) is 0. The fourth-order valence-electron chi connectivity index (χ4n) is 2.61. The van der Waals surface area contributed by atoms with E-state index in [1.807, 2.05) is 0 Å². The topological polar surface area (TPSA) is 124 Å². The number of nitro benzene ring substituents is 1. The van der Waals surface area contributed by atoms with Gasteiger partial charge in [-0.15, -0.1) is 4.40 Å². The number of sulfonamides is 1. The van der Waals surface area contributed by atoms with Crippen molar-refractivity contribution in [1.29, 1.82) is 0 Å². The maximum atomic E-state index is 12.3. The Bertz CT molecular complexity index is 1110. The number of amidine groups is 1. The monoisotopic (exact) mass is 404 g/mol. The molecule has 11 heteroatoms. The van der Waals surface area contributed by atoms with Gasteiger partial charge < -0.3 is 9.47 Å². The maximum Gasteiger partial charge on any atom is 0.285 e. The highest BCUT2D eigenvalue weighted by Gasteiger charge is 2.32. The van der Waals surface area contributed by atoms with Crippen LogP contribution in [0.15, 0.2) is 50.8 Å². The van der Waals surface area contributed by atoms with Crippen molar-refractivity contribution in [3.05, 3.63) is 57.6 Å². The number of hydrogen-bond acceptors (Lipinski definition) is 8. The highest BCUT2D eigenvalue weighted by Crippen LogP contribution is 2.31. The summed E-state index contributed by atoms with van der Waals surface area (Å²) < 4.78 is 38.6. The normalized spacial score (nSPS) is 14.5. The molecule has 1 aliphatic rings. The third-order valence-corrected chi connectivity index (χ3v) is 5.30. The Balaban J connectivity index is 1.91. The molecule has 10 nitrogen and oxygen atoms in total. The molecule has 0 saturated carbocycles. The molecule has 0 spiro atoms. The number of nitro groups is 1. The lowest BCUT2D eigenvalue weighted by Gasteiger charge is -2.12. The largest absolute Gasteiger partial charge is 0.493 e. The van der Waals surface area contributed by atoms with Crippen LogP contribution < -0.4 is 9.47 Å². The number of fused-ring (bicyclic) bond motifs is 1. The van der Waals surface area contributed by atoms with Crippen LogP contribution in [0.3, 0.4) is 0 Å². The van der Waals surface area contributed by atoms with Gasteiger partial charge in [0.15, 0.2) is 17.3 Å². The molecule has 1 aliphatic heterocycles. The van der Waals surface area contributed by atoms with Gasteiger partial charge in [-0.3, -0.25) is 10.1 Å². The summed E-state index contributed by atoms with van der Waals surface area (Å²) in [5, 5.41) is 16.4. The van der Waals surface area contributed by atoms with Gasteiger partial charge in [0.2, 0.25) is 0 Å². The Morgan fingerprint density at radius 1 is 1.14 bits per heavy atom. The Hall–Kier alpha value is -3.47. The van der Waals surface area contributed by atoms with Gasteiger partial charge in [0.05, 0.1) is 25.4 Å². The summed E-state index contributed by atoms with van der Waals surface area (Å²) >= 11 is 0. The second-order valence-corrected chi connectivity index (χ2v) is 7.28. The molecule has 0 amide bonds. The number of non-ortho nitro benzene ring substituents is 1. The van der Waals surface area contributed by atoms with Crippen molar-refractivity contribution in [3.63, 3.8) is 0 Å². The van der Waals surface area contributed by atoms with Crippen LogP contribution in [0, 0.1) is 10.1 Å². The molecule has 3 rings (SSSR count). The minimum atomic E-state index is -4.03. The SMILES string of the molecule is COc1ccc(/C=N/N(C)C2=NS(=O)(=O)c3cc([N+](=O)[O-])ccc32)cc1OC. The predicted molar refractivity (Wildman–Crippen MR) is 102 cm³/mol. The van der Waals surface area contributed by atoms with Gasteiger partial charge in [-0.05, 0) is 29.8 Å². The van der Waals surface area contributed by atoms with Crippen LogP contribution in [0.25, 0.3) is 0 Å². The lowest BCUT2D eigenvalue weighted by molar-refractivity contribution is -0.385. The quantitative estimate of drug-likeness (QED) is 0.424. The van der Waals surface area contributed by atoms with Crippen LogP contribution in [0.5, 0.6) is 11.5 Å². The van der Waals surface area contributed by atoms with Gasteiger partial charge >= 0.3 is 0 Å². The molecular formula is C17H16N4O6S. The summed E-state index contributed by atoms with van der Waals surface area (Å²) in [5.74, 6) is 1.16. The molecule has 1 heterocycles. The van der Waals surface area contributed by atoms with Gasteiger partial charge in [-0.2, -0.15) is 13.5 Å². The van der Waals surface area contributed by atoms with E-state index < -0.39 is 14.9 Å². The Morgan fingerprint density at radius 3 is 2.50 bits per heavy atom. The average molecular weight is 404 g/mol. The molecule has 2 aromatic carbocycles. The fraction of sp³-hybridized carbons (Fsp3) is 0.176. The zero-order valence-electron chi connectivity index (χ0n) is 15.2. The molecule has 0 atom stereocenters. The molecule has 0 aromatic heterocycles. The second kappa shape index (κ2) is 7.27. The van der Waals surface area contributed by atoms with E-state index in [1.165, 1.54) is 44.6 Å². The predicted octanol–water partition coefficient (Wildman–Crippen LogP) is 2.03. The first-order valence-corrected chi connectivity index (χ1v) is 9.34. The standard InChI is InChI=1S/C17H16N4O6S/c1-20(18-10-11-4-7-14(26-2)15(8-11)27-3)17-13-6-5-12(21(22)23)9-16(13)28(24,25)19-17/h4-10H,1-3H3/b18-10+. The van der Waals surface area contributed by atoms with E-state index in [2.05, 4.69) is 9.50 Å². The van der Waals surface area contributed by atoms with Gasteiger partial charge in [0, 0.05) is 24.7 Å². The van der Waals surface area contributed by atoms with Crippen molar-refractivity contribution in [2.24, 2.45) is 9.50 Å². The van der Waals surface area contributed by atoms with E-state index in [1.54, 1.807) is 18.2 Å². The average Bonchev–Trinajstić information content (AvgIpc) is 2.96. The molecule has 0 aliphatic carbocycles. The smallest absolute Gasteiger partial charge is 0.285 e. The lowest BCUT2D eigenvalue weighted by atomic mass is 10.2. The van der Waals surface area contributed by atoms with Crippen LogP contribution in [-0.2, 0) is 10.0 Å². The van der Waals surface area contributed by atoms with Crippen molar-refractivity contribution < 1.29 is 22.8 Å². The summed E-state index contributed by atoms with van der Waals surface area (Å²) in [6, 6.07) is 8.74. The molecule has 146 valence electrons. The number of methoxy groups -OCH3 is 2. The molecule has 0 unspecified atom stereocenters. The van der Waals surface area contributed by atoms with Crippen molar-refractivity contribution >= 4 is 27.8 Å². The molecule has 2 aromatic rings. The summed E-state index contributed by atoms with van der Waals surface area (Å²) in [4.78, 5) is 10.0. The Labute approximate surface area is 160 Å². The van der Waals surface area contributed by atoms with Gasteiger partial charge in [-0.25, -0.2) is 5.01 Å². The van der Waals surface area contributed by atoms with Crippen molar-refractivity contribution in [1.82, 2.24) is 5.01 Å². The highest BCUT2D eigenvalue weighted by molar-refractivity contribution is 7.90. The molecule has 0 fully saturated rings. The number of benzene rings is 2. The minimum Gasteiger partial charge on any atom is -0.493 e. The Kier molecular flexibility index (Phi) is 5.01. The van der Waals surface area contributed by atoms with E-state index in [0.717, 1.165) is 6.07 Å². The third kappa shape index (κ3) is 3.51. The van der Waals surface area contributed by atoms with Crippen LogP contribution in [-0.4, -0.2) is 51.7 Å². The first-order valence-electron chi connectivity index (χ1n) is 7.90. The zero-order chi connectivity index (χ0) is 20.5. The van der Waals surface area contributed by atoms with Crippen molar-refractivity contribution in [3.8, 4) is 11.5 Å². The first-order chi connectivity index (χ1) is 13.3. The first kappa shape index (κ1) is 19.3. The van der Waals surface area contributed by atoms with Gasteiger partial charge in [-0.1, -0.05) is 0 Å². The van der Waals surface area contributed by atoms with Crippen LogP contribution in [0.1, 0.15) is 11.1 Å². The van der Waals surface area contributed by atoms with Crippen LogP contribution in [0.2, 0.25) is 0 Å². The van der Waals surface area contributed by atoms with Gasteiger partial charge in [0.1, 0.15) is 4.90 Å². The molecular weight excluding hydrogens is 388 g/mol. The van der Waals surface area contributed by atoms with Crippen molar-refractivity contribution in [2.45, 2.75) is 4.90 Å². The number of rotatable bonds is 5. The van der Waals surface area contributed by atoms with E-state index in [-0.39, 0.29) is 22.0 Å². The molecule has 0 bridgehead atoms. The molecule has 0 saturated heterocycles. The molecule has 0 radical (unpaired) electrons. The summed E-state index contributed by atoms with van der Waals surface area (Å²) in [5.41, 5.74) is 0.614. The zero-order valence-corrected chi connectivity index (χ0v) is 16.0. The summed E-state index contributed by atoms with van der Waals surface area (Å²) in [6.45, 7) is 0. The van der Waals surface area contributed by atoms with Crippen LogP contribution >= 0.6 is 0 Å². The number of ether oxygens (including phenoxy) is 2. The van der Waals surface area contributed by atoms with Crippen LogP contribution in [0.4, 0.5) is 5.69 Å². The van der Waals surface area contributed by atoms with Gasteiger partial charge in [0.25, 0.3) is 15.7 Å². The van der Waals surface area contributed by atoms with E-state index >= 15 is 0 Å². The Morgan fingerprint density at radius 2 is 1.86 bits per heavy atom. The lowest BCUT2D eigenvalue weighted by Crippen LogP contribution is -2.21. The van der Waals surface area contributed by atoms with Crippen molar-refractivity contribution in [2.75, 3.05) is 21.3 Å². The molecule has 28 heavy (non-hydrogen) atoms. The minimum absolute atomic E-state index is 0.0709. The summed E-state index contributed by atoms with van der Waals surface area (Å²) in [6.07, 6.45) is 1.50. The van der Waals surface area contributed by atoms with E-state index in [4.69, 9.17) is 9.47 Å². The summed E-state index contributed by atoms with van der Waals surface area (Å²) in [7, 11) is 0.544. The second-order valence-electron chi connectivity index (χ2n) is 5.71. The maximum absolute atomic E-state index is 12.3. The molecule has 0 N–H and O–H groups in total. The van der Waals surface area contributed by atoms with E-state index in [0.29, 0.717) is 17.1 Å².